The maximum absolute atomic E-state index is 5.99. The predicted octanol–water partition coefficient (Wildman–Crippen LogP) is 2.89. The number of nitrogens with zero attached hydrogens (tertiary/aromatic N) is 1. The van der Waals surface area contributed by atoms with Gasteiger partial charge in [-0.25, -0.2) is 0 Å². The van der Waals surface area contributed by atoms with Crippen LogP contribution in [0.3, 0.4) is 0 Å². The van der Waals surface area contributed by atoms with Crippen LogP contribution in [-0.2, 0) is 0 Å². The summed E-state index contributed by atoms with van der Waals surface area (Å²) in [5.74, 6) is 1.13. The van der Waals surface area contributed by atoms with E-state index in [-0.39, 0.29) is 6.04 Å². The van der Waals surface area contributed by atoms with E-state index in [2.05, 4.69) is 49.4 Å². The van der Waals surface area contributed by atoms with Crippen molar-refractivity contribution in [2.75, 3.05) is 24.0 Å². The molecule has 2 nitrogen and oxygen atoms in total. The lowest BCUT2D eigenvalue weighted by molar-refractivity contribution is 0.743. The number of hydrogen-bond acceptors (Lipinski definition) is 3. The Kier molecular flexibility index (Phi) is 5.16. The van der Waals surface area contributed by atoms with Crippen LogP contribution in [0.1, 0.15) is 25.5 Å². The van der Waals surface area contributed by atoms with Gasteiger partial charge in [-0.2, -0.15) is 11.8 Å². The first-order chi connectivity index (χ1) is 7.57. The largest absolute Gasteiger partial charge is 0.371 e. The van der Waals surface area contributed by atoms with Crippen LogP contribution in [0.5, 0.6) is 0 Å². The van der Waals surface area contributed by atoms with Gasteiger partial charge in [0, 0.05) is 30.6 Å². The van der Waals surface area contributed by atoms with Gasteiger partial charge < -0.3 is 10.6 Å². The molecule has 0 amide bonds. The zero-order valence-corrected chi connectivity index (χ0v) is 11.4. The molecule has 1 aromatic carbocycles. The molecule has 0 saturated heterocycles. The molecule has 90 valence electrons. The first kappa shape index (κ1) is 13.4. The lowest BCUT2D eigenvalue weighted by Gasteiger charge is -2.29. The van der Waals surface area contributed by atoms with Gasteiger partial charge in [0.05, 0.1) is 0 Å². The smallest absolute Gasteiger partial charge is 0.0414 e. The van der Waals surface area contributed by atoms with Gasteiger partial charge in [-0.15, -0.1) is 0 Å². The Hall–Kier alpha value is -0.670. The number of rotatable bonds is 5. The molecule has 1 rings (SSSR count). The molecule has 2 N–H and O–H groups in total. The maximum Gasteiger partial charge on any atom is 0.0414 e. The van der Waals surface area contributed by atoms with Crippen molar-refractivity contribution < 1.29 is 0 Å². The molecule has 0 saturated carbocycles. The van der Waals surface area contributed by atoms with Gasteiger partial charge in [-0.3, -0.25) is 0 Å². The molecule has 0 bridgehead atoms. The molecular formula is C13H22N2S. The summed E-state index contributed by atoms with van der Waals surface area (Å²) >= 11 is 1.87. The van der Waals surface area contributed by atoms with Crippen LogP contribution in [0.4, 0.5) is 5.69 Å². The average Bonchev–Trinajstić information content (AvgIpc) is 2.28. The van der Waals surface area contributed by atoms with Crippen LogP contribution in [-0.4, -0.2) is 25.1 Å². The van der Waals surface area contributed by atoms with Crippen LogP contribution in [0.25, 0.3) is 0 Å². The van der Waals surface area contributed by atoms with E-state index >= 15 is 0 Å². The molecule has 0 heterocycles. The SMILES string of the molecule is CSCC(C)N(C)c1ccccc1C(C)N. The van der Waals surface area contributed by atoms with E-state index in [1.54, 1.807) is 0 Å². The monoisotopic (exact) mass is 238 g/mol. The highest BCUT2D eigenvalue weighted by molar-refractivity contribution is 7.98. The predicted molar refractivity (Wildman–Crippen MR) is 75.3 cm³/mol. The minimum absolute atomic E-state index is 0.0835. The van der Waals surface area contributed by atoms with Gasteiger partial charge in [0.15, 0.2) is 0 Å². The number of benzene rings is 1. The molecular weight excluding hydrogens is 216 g/mol. The van der Waals surface area contributed by atoms with E-state index in [1.807, 2.05) is 18.7 Å². The number of thioether (sulfide) groups is 1. The highest BCUT2D eigenvalue weighted by Gasteiger charge is 2.14. The summed E-state index contributed by atoms with van der Waals surface area (Å²) in [6.45, 7) is 4.28. The lowest BCUT2D eigenvalue weighted by atomic mass is 10.1. The molecule has 0 aromatic heterocycles. The summed E-state index contributed by atoms with van der Waals surface area (Å²) in [6, 6.07) is 8.99. The van der Waals surface area contributed by atoms with Gasteiger partial charge >= 0.3 is 0 Å². The van der Waals surface area contributed by atoms with E-state index in [9.17, 15) is 0 Å². The molecule has 0 spiro atoms. The normalized spacial score (nSPS) is 14.6. The van der Waals surface area contributed by atoms with Gasteiger partial charge in [-0.1, -0.05) is 18.2 Å². The molecule has 0 radical (unpaired) electrons. The summed E-state index contributed by atoms with van der Waals surface area (Å²) in [5, 5.41) is 0. The Bertz CT molecular complexity index is 325. The summed E-state index contributed by atoms with van der Waals surface area (Å²) in [6.07, 6.45) is 2.14. The first-order valence-electron chi connectivity index (χ1n) is 5.64. The molecule has 0 aliphatic heterocycles. The average molecular weight is 238 g/mol. The van der Waals surface area contributed by atoms with Crippen molar-refractivity contribution in [1.82, 2.24) is 0 Å². The molecule has 0 fully saturated rings. The van der Waals surface area contributed by atoms with Crippen molar-refractivity contribution in [2.24, 2.45) is 5.73 Å². The highest BCUT2D eigenvalue weighted by atomic mass is 32.2. The second-order valence-electron chi connectivity index (χ2n) is 4.26. The Morgan fingerprint density at radius 1 is 1.31 bits per heavy atom. The van der Waals surface area contributed by atoms with E-state index in [0.717, 1.165) is 5.75 Å². The Labute approximate surface area is 103 Å². The second-order valence-corrected chi connectivity index (χ2v) is 5.17. The second kappa shape index (κ2) is 6.16. The van der Waals surface area contributed by atoms with Crippen LogP contribution < -0.4 is 10.6 Å². The third-order valence-corrected chi connectivity index (χ3v) is 3.69. The van der Waals surface area contributed by atoms with Gasteiger partial charge in [0.2, 0.25) is 0 Å². The molecule has 16 heavy (non-hydrogen) atoms. The zero-order chi connectivity index (χ0) is 12.1. The van der Waals surface area contributed by atoms with E-state index in [1.165, 1.54) is 11.3 Å². The minimum Gasteiger partial charge on any atom is -0.371 e. The molecule has 2 atom stereocenters. The van der Waals surface area contributed by atoms with Crippen molar-refractivity contribution >= 4 is 17.4 Å². The van der Waals surface area contributed by atoms with Crippen LogP contribution in [0, 0.1) is 0 Å². The number of anilines is 1. The van der Waals surface area contributed by atoms with Crippen LogP contribution in [0.2, 0.25) is 0 Å². The fourth-order valence-electron chi connectivity index (χ4n) is 1.78. The molecule has 0 aliphatic rings. The fourth-order valence-corrected chi connectivity index (χ4v) is 2.49. The van der Waals surface area contributed by atoms with Crippen molar-refractivity contribution in [1.29, 1.82) is 0 Å². The Morgan fingerprint density at radius 2 is 1.94 bits per heavy atom. The topological polar surface area (TPSA) is 29.3 Å². The third kappa shape index (κ3) is 3.16. The van der Waals surface area contributed by atoms with Crippen LogP contribution in [0.15, 0.2) is 24.3 Å². The quantitative estimate of drug-likeness (QED) is 0.855. The molecule has 0 aliphatic carbocycles. The molecule has 1 aromatic rings. The van der Waals surface area contributed by atoms with Gasteiger partial charge in [0.25, 0.3) is 0 Å². The number of nitrogens with two attached hydrogens (primary N) is 1. The van der Waals surface area contributed by atoms with Crippen molar-refractivity contribution in [3.05, 3.63) is 29.8 Å². The Morgan fingerprint density at radius 3 is 2.50 bits per heavy atom. The van der Waals surface area contributed by atoms with Crippen molar-refractivity contribution in [3.8, 4) is 0 Å². The van der Waals surface area contributed by atoms with Crippen molar-refractivity contribution in [3.63, 3.8) is 0 Å². The summed E-state index contributed by atoms with van der Waals surface area (Å²) in [4.78, 5) is 2.31. The third-order valence-electron chi connectivity index (χ3n) is 2.88. The maximum atomic E-state index is 5.99. The number of hydrogen-bond donors (Lipinski definition) is 1. The first-order valence-corrected chi connectivity index (χ1v) is 7.03. The zero-order valence-electron chi connectivity index (χ0n) is 10.6. The summed E-state index contributed by atoms with van der Waals surface area (Å²) in [7, 11) is 2.14. The van der Waals surface area contributed by atoms with Gasteiger partial charge in [0.1, 0.15) is 0 Å². The van der Waals surface area contributed by atoms with Gasteiger partial charge in [-0.05, 0) is 31.7 Å². The fraction of sp³-hybridized carbons (Fsp3) is 0.538. The minimum atomic E-state index is 0.0835. The lowest BCUT2D eigenvalue weighted by Crippen LogP contribution is -2.32. The summed E-state index contributed by atoms with van der Waals surface area (Å²) < 4.78 is 0. The highest BCUT2D eigenvalue weighted by Crippen LogP contribution is 2.25. The molecule has 3 heteroatoms. The number of para-hydroxylation sites is 1. The summed E-state index contributed by atoms with van der Waals surface area (Å²) in [5.41, 5.74) is 8.46. The standard InChI is InChI=1S/C13H22N2S/c1-10(9-16-4)15(3)13-8-6-5-7-12(13)11(2)14/h5-8,10-11H,9,14H2,1-4H3. The van der Waals surface area contributed by atoms with Crippen LogP contribution >= 0.6 is 11.8 Å². The van der Waals surface area contributed by atoms with Crippen molar-refractivity contribution in [2.45, 2.75) is 25.9 Å². The molecule has 2 unspecified atom stereocenters. The van der Waals surface area contributed by atoms with E-state index in [0.29, 0.717) is 6.04 Å². The Balaban J connectivity index is 2.93. The van der Waals surface area contributed by atoms with E-state index in [4.69, 9.17) is 5.73 Å². The van der Waals surface area contributed by atoms with E-state index < -0.39 is 0 Å².